The van der Waals surface area contributed by atoms with Crippen molar-refractivity contribution in [1.29, 1.82) is 0 Å². The molecule has 8 nitrogen and oxygen atoms in total. The van der Waals surface area contributed by atoms with Crippen LogP contribution in [-0.4, -0.2) is 61.1 Å². The summed E-state index contributed by atoms with van der Waals surface area (Å²) < 4.78 is 12.2. The summed E-state index contributed by atoms with van der Waals surface area (Å²) in [4.78, 5) is 39.8. The van der Waals surface area contributed by atoms with E-state index in [1.165, 1.54) is 0 Å². The smallest absolute Gasteiger partial charge is 0.257 e. The summed E-state index contributed by atoms with van der Waals surface area (Å²) in [5.74, 6) is -0.136. The summed E-state index contributed by atoms with van der Waals surface area (Å²) in [5.41, 5.74) is 1.27. The molecule has 2 aromatic rings. The molecule has 2 N–H and O–H groups in total. The van der Waals surface area contributed by atoms with Gasteiger partial charge in [0, 0.05) is 29.9 Å². The van der Waals surface area contributed by atoms with Crippen LogP contribution in [0.2, 0.25) is 5.02 Å². The topological polar surface area (TPSA) is 97.0 Å². The van der Waals surface area contributed by atoms with Crippen molar-refractivity contribution in [1.82, 2.24) is 10.2 Å². The Morgan fingerprint density at radius 2 is 2.00 bits per heavy atom. The number of likely N-dealkylation sites (N-methyl/N-ethyl adjacent to an activating group) is 1. The number of carbonyl (C=O) groups excluding carboxylic acids is 3. The van der Waals surface area contributed by atoms with Gasteiger partial charge in [0.15, 0.2) is 0 Å². The molecule has 2 aromatic carbocycles. The van der Waals surface area contributed by atoms with E-state index in [-0.39, 0.29) is 42.6 Å². The summed E-state index contributed by atoms with van der Waals surface area (Å²) in [7, 11) is 1.75. The van der Waals surface area contributed by atoms with Crippen LogP contribution in [0.4, 0.5) is 5.69 Å². The molecule has 0 bridgehead atoms. The zero-order valence-electron chi connectivity index (χ0n) is 19.9. The number of amides is 3. The molecule has 35 heavy (non-hydrogen) atoms. The maximum atomic E-state index is 13.4. The van der Waals surface area contributed by atoms with Gasteiger partial charge in [0.2, 0.25) is 5.91 Å². The Kier molecular flexibility index (Phi) is 7.93. The van der Waals surface area contributed by atoms with E-state index in [0.29, 0.717) is 53.4 Å². The van der Waals surface area contributed by atoms with Crippen molar-refractivity contribution >= 4 is 35.0 Å². The number of nitrogens with zero attached hydrogens (tertiary/aromatic N) is 1. The molecule has 9 heteroatoms. The van der Waals surface area contributed by atoms with Crippen LogP contribution in [0.1, 0.15) is 53.3 Å². The van der Waals surface area contributed by atoms with Crippen LogP contribution >= 0.6 is 11.6 Å². The molecule has 2 aliphatic heterocycles. The third-order valence-corrected chi connectivity index (χ3v) is 6.58. The summed E-state index contributed by atoms with van der Waals surface area (Å²) >= 11 is 5.99. The molecule has 3 atom stereocenters. The van der Waals surface area contributed by atoms with Crippen molar-refractivity contribution < 1.29 is 23.9 Å². The minimum atomic E-state index is -0.336. The Labute approximate surface area is 209 Å². The van der Waals surface area contributed by atoms with Gasteiger partial charge in [0.1, 0.15) is 18.5 Å². The minimum Gasteiger partial charge on any atom is -0.490 e. The van der Waals surface area contributed by atoms with Crippen molar-refractivity contribution in [3.63, 3.8) is 0 Å². The number of halogens is 1. The fourth-order valence-electron chi connectivity index (χ4n) is 4.48. The number of anilines is 1. The van der Waals surface area contributed by atoms with Gasteiger partial charge < -0.3 is 25.0 Å². The molecule has 0 saturated carbocycles. The van der Waals surface area contributed by atoms with E-state index in [2.05, 4.69) is 10.6 Å². The highest BCUT2D eigenvalue weighted by Gasteiger charge is 2.39. The molecule has 1 fully saturated rings. The van der Waals surface area contributed by atoms with E-state index in [1.807, 2.05) is 6.92 Å². The van der Waals surface area contributed by atoms with Gasteiger partial charge in [-0.3, -0.25) is 14.4 Å². The number of fused-ring (bicyclic) bond motifs is 2. The number of carbonyl (C=O) groups is 3. The Hall–Kier alpha value is -3.10. The first-order valence-electron chi connectivity index (χ1n) is 11.9. The highest BCUT2D eigenvalue weighted by molar-refractivity contribution is 6.31. The average molecular weight is 500 g/mol. The molecule has 1 saturated heterocycles. The van der Waals surface area contributed by atoms with E-state index in [9.17, 15) is 14.4 Å². The fourth-order valence-corrected chi connectivity index (χ4v) is 4.67. The van der Waals surface area contributed by atoms with E-state index >= 15 is 0 Å². The van der Waals surface area contributed by atoms with Crippen molar-refractivity contribution in [3.05, 3.63) is 58.6 Å². The molecule has 0 aliphatic carbocycles. The summed E-state index contributed by atoms with van der Waals surface area (Å²) in [6.07, 6.45) is 2.03. The second-order valence-corrected chi connectivity index (χ2v) is 9.33. The number of hydrogen-bond acceptors (Lipinski definition) is 5. The molecule has 2 heterocycles. The second kappa shape index (κ2) is 11.1. The van der Waals surface area contributed by atoms with Gasteiger partial charge in [0.05, 0.1) is 24.1 Å². The Morgan fingerprint density at radius 1 is 1.17 bits per heavy atom. The molecule has 0 spiro atoms. The number of rotatable bonds is 6. The predicted molar refractivity (Wildman–Crippen MR) is 133 cm³/mol. The molecular weight excluding hydrogens is 470 g/mol. The zero-order valence-corrected chi connectivity index (χ0v) is 20.6. The van der Waals surface area contributed by atoms with E-state index < -0.39 is 0 Å². The quantitative estimate of drug-likeness (QED) is 0.628. The van der Waals surface area contributed by atoms with Crippen LogP contribution in [0.5, 0.6) is 5.75 Å². The second-order valence-electron chi connectivity index (χ2n) is 8.90. The number of benzene rings is 2. The van der Waals surface area contributed by atoms with Crippen molar-refractivity contribution in [3.8, 4) is 5.75 Å². The molecule has 0 radical (unpaired) electrons. The van der Waals surface area contributed by atoms with Gasteiger partial charge in [-0.2, -0.15) is 0 Å². The number of ether oxygens (including phenoxy) is 2. The Balaban J connectivity index is 1.47. The molecule has 0 unspecified atom stereocenters. The van der Waals surface area contributed by atoms with Crippen LogP contribution in [0.3, 0.4) is 0 Å². The standard InChI is InChI=1S/C26H30ClN3O5/c1-3-11-28-24(31)14-19-8-9-21-23(35-19)15-34-22-10-7-18(13-20(22)26(33)30(21)2)29-25(32)16-5-4-6-17(27)12-16/h4-7,10,12-13,19,21,23H,3,8-9,11,14-15H2,1-2H3,(H,28,31)(H,29,32)/t19-,21+,23-/m1/s1. The summed E-state index contributed by atoms with van der Waals surface area (Å²) in [6.45, 7) is 2.92. The molecule has 0 aromatic heterocycles. The lowest BCUT2D eigenvalue weighted by molar-refractivity contribution is -0.134. The van der Waals surface area contributed by atoms with E-state index in [1.54, 1.807) is 54.4 Å². The maximum absolute atomic E-state index is 13.4. The fraction of sp³-hybridized carbons (Fsp3) is 0.423. The normalized spacial score (nSPS) is 21.6. The molecule has 3 amide bonds. The van der Waals surface area contributed by atoms with Gasteiger partial charge in [0.25, 0.3) is 11.8 Å². The zero-order chi connectivity index (χ0) is 24.9. The first kappa shape index (κ1) is 25.0. The van der Waals surface area contributed by atoms with Gasteiger partial charge in [-0.25, -0.2) is 0 Å². The molecule has 2 aliphatic rings. The van der Waals surface area contributed by atoms with Crippen LogP contribution in [0, 0.1) is 0 Å². The van der Waals surface area contributed by atoms with Crippen LogP contribution in [-0.2, 0) is 9.53 Å². The lowest BCUT2D eigenvalue weighted by Gasteiger charge is -2.42. The summed E-state index contributed by atoms with van der Waals surface area (Å²) in [5, 5.41) is 6.17. The predicted octanol–water partition coefficient (Wildman–Crippen LogP) is 3.89. The van der Waals surface area contributed by atoms with Gasteiger partial charge in [-0.15, -0.1) is 0 Å². The van der Waals surface area contributed by atoms with Crippen LogP contribution in [0.25, 0.3) is 0 Å². The van der Waals surface area contributed by atoms with Crippen LogP contribution in [0.15, 0.2) is 42.5 Å². The first-order chi connectivity index (χ1) is 16.9. The highest BCUT2D eigenvalue weighted by atomic mass is 35.5. The molecular formula is C26H30ClN3O5. The number of hydrogen-bond donors (Lipinski definition) is 2. The average Bonchev–Trinajstić information content (AvgIpc) is 2.85. The summed E-state index contributed by atoms with van der Waals surface area (Å²) in [6, 6.07) is 11.5. The molecule has 186 valence electrons. The maximum Gasteiger partial charge on any atom is 0.257 e. The lowest BCUT2D eigenvalue weighted by atomic mass is 9.94. The Bertz CT molecular complexity index is 1110. The largest absolute Gasteiger partial charge is 0.490 e. The van der Waals surface area contributed by atoms with Gasteiger partial charge >= 0.3 is 0 Å². The molecule has 4 rings (SSSR count). The van der Waals surface area contributed by atoms with Gasteiger partial charge in [-0.1, -0.05) is 24.6 Å². The van der Waals surface area contributed by atoms with Crippen LogP contribution < -0.4 is 15.4 Å². The van der Waals surface area contributed by atoms with Crippen molar-refractivity contribution in [2.45, 2.75) is 50.9 Å². The van der Waals surface area contributed by atoms with E-state index in [0.717, 1.165) is 6.42 Å². The van der Waals surface area contributed by atoms with Gasteiger partial charge in [-0.05, 0) is 55.7 Å². The third kappa shape index (κ3) is 5.94. The lowest BCUT2D eigenvalue weighted by Crippen LogP contribution is -2.54. The third-order valence-electron chi connectivity index (χ3n) is 6.34. The van der Waals surface area contributed by atoms with E-state index in [4.69, 9.17) is 21.1 Å². The minimum absolute atomic E-state index is 0.0239. The first-order valence-corrected chi connectivity index (χ1v) is 12.3. The monoisotopic (exact) mass is 499 g/mol. The van der Waals surface area contributed by atoms with Crippen molar-refractivity contribution in [2.75, 3.05) is 25.5 Å². The highest BCUT2D eigenvalue weighted by Crippen LogP contribution is 2.32. The Morgan fingerprint density at radius 3 is 2.77 bits per heavy atom. The van der Waals surface area contributed by atoms with Crippen molar-refractivity contribution in [2.24, 2.45) is 0 Å². The SMILES string of the molecule is CCCNC(=O)C[C@H]1CC[C@H]2[C@@H](COc3ccc(NC(=O)c4cccc(Cl)c4)cc3C(=O)N2C)O1. The number of nitrogens with one attached hydrogen (secondary N) is 2.